The van der Waals surface area contributed by atoms with Crippen molar-refractivity contribution in [2.24, 2.45) is 0 Å². The van der Waals surface area contributed by atoms with Crippen LogP contribution in [0.4, 0.5) is 0 Å². The molecular formula is C23H32NO6+. The third kappa shape index (κ3) is 6.29. The van der Waals surface area contributed by atoms with Crippen LogP contribution in [0.3, 0.4) is 0 Å². The summed E-state index contributed by atoms with van der Waals surface area (Å²) < 4.78 is 27.6. The van der Waals surface area contributed by atoms with Gasteiger partial charge < -0.3 is 28.2 Å². The Labute approximate surface area is 178 Å². The zero-order chi connectivity index (χ0) is 22.3. The Morgan fingerprint density at radius 3 is 1.77 bits per heavy atom. The minimum absolute atomic E-state index is 0.263. The van der Waals surface area contributed by atoms with E-state index in [9.17, 15) is 4.79 Å². The summed E-state index contributed by atoms with van der Waals surface area (Å²) in [6, 6.07) is 9.51. The van der Waals surface area contributed by atoms with E-state index in [0.717, 1.165) is 24.0 Å². The van der Waals surface area contributed by atoms with Crippen LogP contribution in [-0.2, 0) is 17.6 Å². The van der Waals surface area contributed by atoms with Crippen LogP contribution in [0.25, 0.3) is 0 Å². The molecule has 7 heteroatoms. The summed E-state index contributed by atoms with van der Waals surface area (Å²) in [6.45, 7) is 0.263. The molecule has 0 bridgehead atoms. The Morgan fingerprint density at radius 1 is 0.733 bits per heavy atom. The molecule has 0 N–H and O–H groups in total. The van der Waals surface area contributed by atoms with E-state index in [4.69, 9.17) is 23.7 Å². The quantitative estimate of drug-likeness (QED) is 0.336. The molecule has 0 aromatic heterocycles. The van der Waals surface area contributed by atoms with E-state index in [-0.39, 0.29) is 12.5 Å². The van der Waals surface area contributed by atoms with Crippen molar-refractivity contribution in [3.8, 4) is 28.7 Å². The van der Waals surface area contributed by atoms with E-state index in [1.807, 2.05) is 51.5 Å². The Kier molecular flexibility index (Phi) is 7.94. The number of quaternary nitrogens is 1. The van der Waals surface area contributed by atoms with Gasteiger partial charge in [0.25, 0.3) is 0 Å². The number of rotatable bonds is 10. The second-order valence-electron chi connectivity index (χ2n) is 7.94. The van der Waals surface area contributed by atoms with Crippen LogP contribution in [0.15, 0.2) is 30.3 Å². The van der Waals surface area contributed by atoms with Crippen molar-refractivity contribution < 1.29 is 33.0 Å². The third-order valence-corrected chi connectivity index (χ3v) is 4.48. The molecule has 7 nitrogen and oxygen atoms in total. The predicted octanol–water partition coefficient (Wildman–Crippen LogP) is 3.12. The van der Waals surface area contributed by atoms with Crippen LogP contribution >= 0.6 is 0 Å². The molecule has 0 amide bonds. The molecule has 2 rings (SSSR count). The number of benzene rings is 2. The topological polar surface area (TPSA) is 63.2 Å². The maximum absolute atomic E-state index is 12.3. The van der Waals surface area contributed by atoms with Gasteiger partial charge >= 0.3 is 5.97 Å². The van der Waals surface area contributed by atoms with E-state index in [1.165, 1.54) is 0 Å². The van der Waals surface area contributed by atoms with E-state index in [2.05, 4.69) is 0 Å². The Morgan fingerprint density at radius 2 is 1.27 bits per heavy atom. The highest BCUT2D eigenvalue weighted by Gasteiger charge is 2.19. The molecule has 2 aromatic rings. The van der Waals surface area contributed by atoms with Crippen molar-refractivity contribution >= 4 is 5.97 Å². The van der Waals surface area contributed by atoms with Gasteiger partial charge in [0.15, 0.2) is 29.5 Å². The Bertz CT molecular complexity index is 847. The summed E-state index contributed by atoms with van der Waals surface area (Å²) in [5.41, 5.74) is 2.07. The first-order chi connectivity index (χ1) is 14.2. The number of nitrogens with zero attached hydrogens (tertiary/aromatic N) is 1. The molecule has 0 radical (unpaired) electrons. The largest absolute Gasteiger partial charge is 0.493 e. The van der Waals surface area contributed by atoms with Gasteiger partial charge in [-0.05, 0) is 48.2 Å². The minimum Gasteiger partial charge on any atom is -0.493 e. The lowest BCUT2D eigenvalue weighted by Crippen LogP contribution is -2.41. The standard InChI is InChI=1S/C23H32NO6/c1-24(2,3)15-22(25)30-19-12-16(10-11-18(19)26-4)8-9-17-13-20(27-5)23(29-7)21(14-17)28-6/h10-14H,8-9,15H2,1-7H3/q+1. The summed E-state index contributed by atoms with van der Waals surface area (Å²) in [4.78, 5) is 12.3. The van der Waals surface area contributed by atoms with Gasteiger partial charge in [-0.3, -0.25) is 0 Å². The van der Waals surface area contributed by atoms with Crippen LogP contribution in [-0.4, -0.2) is 66.6 Å². The number of ether oxygens (including phenoxy) is 5. The molecule has 0 atom stereocenters. The minimum atomic E-state index is -0.303. The molecule has 0 saturated heterocycles. The highest BCUT2D eigenvalue weighted by molar-refractivity contribution is 5.74. The van der Waals surface area contributed by atoms with Crippen molar-refractivity contribution in [3.05, 3.63) is 41.5 Å². The first-order valence-electron chi connectivity index (χ1n) is 9.67. The average molecular weight is 419 g/mol. The van der Waals surface area contributed by atoms with Crippen molar-refractivity contribution in [1.29, 1.82) is 0 Å². The summed E-state index contributed by atoms with van der Waals surface area (Å²) in [6.07, 6.45) is 1.48. The number of aryl methyl sites for hydroxylation is 2. The second kappa shape index (κ2) is 10.2. The van der Waals surface area contributed by atoms with Gasteiger partial charge in [-0.2, -0.15) is 0 Å². The van der Waals surface area contributed by atoms with E-state index >= 15 is 0 Å². The summed E-state index contributed by atoms with van der Waals surface area (Å²) >= 11 is 0. The third-order valence-electron chi connectivity index (χ3n) is 4.48. The molecule has 0 aliphatic rings. The lowest BCUT2D eigenvalue weighted by atomic mass is 10.0. The van der Waals surface area contributed by atoms with Gasteiger partial charge in [-0.1, -0.05) is 6.07 Å². The molecule has 0 spiro atoms. The Hall–Kier alpha value is -2.93. The maximum Gasteiger partial charge on any atom is 0.367 e. The summed E-state index contributed by atoms with van der Waals surface area (Å²) in [5, 5.41) is 0. The summed E-state index contributed by atoms with van der Waals surface area (Å²) in [5.74, 6) is 2.47. The van der Waals surface area contributed by atoms with Crippen LogP contribution in [0.5, 0.6) is 28.7 Å². The fourth-order valence-electron chi connectivity index (χ4n) is 3.07. The smallest absolute Gasteiger partial charge is 0.367 e. The van der Waals surface area contributed by atoms with Crippen molar-refractivity contribution in [2.45, 2.75) is 12.8 Å². The predicted molar refractivity (Wildman–Crippen MR) is 115 cm³/mol. The summed E-state index contributed by atoms with van der Waals surface area (Å²) in [7, 11) is 12.1. The van der Waals surface area contributed by atoms with Crippen LogP contribution < -0.4 is 23.7 Å². The van der Waals surface area contributed by atoms with Crippen LogP contribution in [0.2, 0.25) is 0 Å². The molecule has 0 saturated carbocycles. The molecule has 0 aliphatic heterocycles. The van der Waals surface area contributed by atoms with Gasteiger partial charge in [-0.15, -0.1) is 0 Å². The molecule has 164 valence electrons. The fraction of sp³-hybridized carbons (Fsp3) is 0.435. The first-order valence-corrected chi connectivity index (χ1v) is 9.67. The zero-order valence-electron chi connectivity index (χ0n) is 18.9. The van der Waals surface area contributed by atoms with Crippen LogP contribution in [0, 0.1) is 0 Å². The number of methoxy groups -OCH3 is 4. The number of carbonyl (C=O) groups is 1. The van der Waals surface area contributed by atoms with Crippen molar-refractivity contribution in [3.63, 3.8) is 0 Å². The number of likely N-dealkylation sites (N-methyl/N-ethyl adjacent to an activating group) is 1. The molecule has 30 heavy (non-hydrogen) atoms. The Balaban J connectivity index is 2.18. The van der Waals surface area contributed by atoms with E-state index < -0.39 is 0 Å². The second-order valence-corrected chi connectivity index (χ2v) is 7.94. The number of hydrogen-bond donors (Lipinski definition) is 0. The normalized spacial score (nSPS) is 11.0. The van der Waals surface area contributed by atoms with E-state index in [1.54, 1.807) is 28.4 Å². The van der Waals surface area contributed by atoms with Gasteiger partial charge in [0.1, 0.15) is 0 Å². The maximum atomic E-state index is 12.3. The van der Waals surface area contributed by atoms with Gasteiger partial charge in [0, 0.05) is 0 Å². The van der Waals surface area contributed by atoms with Crippen molar-refractivity contribution in [2.75, 3.05) is 56.1 Å². The fourth-order valence-corrected chi connectivity index (χ4v) is 3.07. The average Bonchev–Trinajstić information content (AvgIpc) is 2.69. The lowest BCUT2D eigenvalue weighted by Gasteiger charge is -2.22. The molecule has 0 fully saturated rings. The molecular weight excluding hydrogens is 386 g/mol. The number of esters is 1. The number of carbonyl (C=O) groups excluding carboxylic acids is 1. The first kappa shape index (κ1) is 23.3. The van der Waals surface area contributed by atoms with Crippen LogP contribution in [0.1, 0.15) is 11.1 Å². The highest BCUT2D eigenvalue weighted by atomic mass is 16.6. The molecule has 0 aliphatic carbocycles. The molecule has 0 unspecified atom stereocenters. The molecule has 2 aromatic carbocycles. The SMILES string of the molecule is COc1ccc(CCc2cc(OC)c(OC)c(OC)c2)cc1OC(=O)C[N+](C)(C)C. The van der Waals surface area contributed by atoms with Crippen molar-refractivity contribution in [1.82, 2.24) is 0 Å². The monoisotopic (exact) mass is 418 g/mol. The van der Waals surface area contributed by atoms with Gasteiger partial charge in [0.2, 0.25) is 5.75 Å². The highest BCUT2D eigenvalue weighted by Crippen LogP contribution is 2.38. The zero-order valence-corrected chi connectivity index (χ0v) is 18.9. The number of hydrogen-bond acceptors (Lipinski definition) is 6. The lowest BCUT2D eigenvalue weighted by molar-refractivity contribution is -0.862. The molecule has 0 heterocycles. The van der Waals surface area contributed by atoms with Gasteiger partial charge in [-0.25, -0.2) is 4.79 Å². The van der Waals surface area contributed by atoms with Gasteiger partial charge in [0.05, 0.1) is 49.6 Å². The van der Waals surface area contributed by atoms with E-state index in [0.29, 0.717) is 33.2 Å².